The molecule has 0 N–H and O–H groups in total. The van der Waals surface area contributed by atoms with E-state index in [9.17, 15) is 4.79 Å². The molecule has 1 saturated carbocycles. The Morgan fingerprint density at radius 3 is 2.09 bits per heavy atom. The number of unbranched alkanes of at least 4 members (excludes halogenated alkanes) is 3. The fraction of sp³-hybridized carbons (Fsp3) is 0.900. The molecule has 5 atom stereocenters. The number of carbonyl (C=O) groups is 1. The van der Waals surface area contributed by atoms with Crippen LogP contribution in [0.5, 0.6) is 0 Å². The van der Waals surface area contributed by atoms with Crippen molar-refractivity contribution in [2.45, 2.75) is 143 Å². The molecule has 5 heteroatoms. The molecule has 3 aliphatic rings. The number of hydrogen-bond donors (Lipinski definition) is 0. The van der Waals surface area contributed by atoms with E-state index in [-0.39, 0.29) is 17.1 Å². The first-order chi connectivity index (χ1) is 16.4. The maximum absolute atomic E-state index is 13.6. The average Bonchev–Trinajstić information content (AvgIpc) is 3.53. The Bertz CT molecular complexity index is 736. The second kappa shape index (κ2) is 11.9. The molecule has 0 unspecified atom stereocenters. The van der Waals surface area contributed by atoms with Crippen LogP contribution in [0.3, 0.4) is 0 Å². The number of rotatable bonds is 13. The van der Waals surface area contributed by atoms with Crippen molar-refractivity contribution < 1.29 is 9.22 Å². The Balaban J connectivity index is 1.79. The normalized spacial score (nSPS) is 28.9. The van der Waals surface area contributed by atoms with E-state index in [0.717, 1.165) is 18.4 Å². The number of nitrogens with zero attached hydrogens (tertiary/aromatic N) is 1. The zero-order valence-electron chi connectivity index (χ0n) is 24.7. The van der Waals surface area contributed by atoms with Gasteiger partial charge in [0.15, 0.2) is 0 Å². The van der Waals surface area contributed by atoms with Gasteiger partial charge in [0.25, 0.3) is 0 Å². The van der Waals surface area contributed by atoms with Crippen LogP contribution in [-0.4, -0.2) is 56.2 Å². The topological polar surface area (TPSA) is 29.5 Å². The molecule has 2 saturated heterocycles. The van der Waals surface area contributed by atoms with Gasteiger partial charge in [0.05, 0.1) is 0 Å². The number of β-lactam (4-membered cyclic amide) rings is 1. The Kier molecular flexibility index (Phi) is 10.1. The number of amides is 1. The van der Waals surface area contributed by atoms with Gasteiger partial charge in [0, 0.05) is 0 Å². The van der Waals surface area contributed by atoms with Gasteiger partial charge in [-0.05, 0) is 0 Å². The summed E-state index contributed by atoms with van der Waals surface area (Å²) in [6, 6.07) is 0.435. The van der Waals surface area contributed by atoms with Crippen LogP contribution >= 0.6 is 0 Å². The second-order valence-corrected chi connectivity index (χ2v) is 31.5. The predicted molar refractivity (Wildman–Crippen MR) is 156 cm³/mol. The Morgan fingerprint density at radius 2 is 1.60 bits per heavy atom. The molecule has 3 nitrogen and oxygen atoms in total. The number of hydrogen-bond acceptors (Lipinski definition) is 2. The van der Waals surface area contributed by atoms with Crippen molar-refractivity contribution in [2.75, 3.05) is 6.54 Å². The van der Waals surface area contributed by atoms with Crippen LogP contribution in [0.1, 0.15) is 99.8 Å². The zero-order chi connectivity index (χ0) is 26.0. The Hall–Kier alpha value is 0.186. The van der Waals surface area contributed by atoms with Gasteiger partial charge in [-0.3, -0.25) is 0 Å². The van der Waals surface area contributed by atoms with E-state index in [1.54, 1.807) is 5.57 Å². The average molecular weight is 611 g/mol. The summed E-state index contributed by atoms with van der Waals surface area (Å²) in [6.45, 7) is 21.8. The summed E-state index contributed by atoms with van der Waals surface area (Å²) in [6.07, 6.45) is 10.9. The second-order valence-electron chi connectivity index (χ2n) is 13.9. The predicted octanol–water partition coefficient (Wildman–Crippen LogP) is 8.58. The summed E-state index contributed by atoms with van der Waals surface area (Å²) in [5.74, 6) is 2.02. The van der Waals surface area contributed by atoms with E-state index in [1.807, 2.05) is 0 Å². The molecule has 35 heavy (non-hydrogen) atoms. The van der Waals surface area contributed by atoms with E-state index < -0.39 is 26.7 Å². The summed E-state index contributed by atoms with van der Waals surface area (Å²) < 4.78 is 14.3. The van der Waals surface area contributed by atoms with Gasteiger partial charge in [0.1, 0.15) is 0 Å². The first kappa shape index (κ1) is 29.7. The quantitative estimate of drug-likeness (QED) is 0.155. The molecule has 1 amide bonds. The van der Waals surface area contributed by atoms with Gasteiger partial charge in [-0.25, -0.2) is 0 Å². The molecule has 0 aromatic carbocycles. The third-order valence-electron chi connectivity index (χ3n) is 10.00. The summed E-state index contributed by atoms with van der Waals surface area (Å²) >= 11 is -2.35. The third kappa shape index (κ3) is 6.80. The standard InChI is InChI=1S/C18H30NO2Si.3C4H9.Sn/c1-11-8-13-9-14(13)16-15(17(20)19(16)10-11)12(2)21-22(6,7)18(3,4)5;3*1-3-4-2;/h1,12-16H,8-10H2,2-7H3;3*1,3-4H2,2H3;/t12-,13+,14-,15-,16-;;;;/m1..../s1. The van der Waals surface area contributed by atoms with Crippen LogP contribution in [0, 0.1) is 17.8 Å². The molecule has 3 rings (SSSR count). The minimum atomic E-state index is -2.35. The van der Waals surface area contributed by atoms with E-state index >= 15 is 0 Å². The van der Waals surface area contributed by atoms with Crippen molar-refractivity contribution in [1.29, 1.82) is 0 Å². The van der Waals surface area contributed by atoms with E-state index in [0.29, 0.717) is 11.9 Å². The molecule has 0 bridgehead atoms. The molecule has 0 radical (unpaired) electrons. The molecule has 0 aromatic heterocycles. The maximum atomic E-state index is 13.6. The van der Waals surface area contributed by atoms with Crippen LogP contribution in [0.2, 0.25) is 31.4 Å². The van der Waals surface area contributed by atoms with Crippen LogP contribution in [0.4, 0.5) is 0 Å². The summed E-state index contributed by atoms with van der Waals surface area (Å²) in [5, 5.41) is 0.182. The van der Waals surface area contributed by atoms with Gasteiger partial charge in [-0.15, -0.1) is 0 Å². The molecule has 202 valence electrons. The van der Waals surface area contributed by atoms with Crippen molar-refractivity contribution in [3.05, 3.63) is 9.67 Å². The van der Waals surface area contributed by atoms with Gasteiger partial charge in [-0.2, -0.15) is 0 Å². The SMILES string of the molecule is CCC[CH2][Sn](/[CH]=C1/C[C@H]2C[C@H]2[C@@H]2[C@@H]([C@@H](C)O[Si](C)(C)C(C)(C)C)C(=O)N2C1)([CH2]CCC)[CH2]CCC. The van der Waals surface area contributed by atoms with Crippen LogP contribution in [-0.2, 0) is 9.22 Å². The van der Waals surface area contributed by atoms with Gasteiger partial charge in [0.2, 0.25) is 0 Å². The van der Waals surface area contributed by atoms with Crippen molar-refractivity contribution >= 4 is 32.6 Å². The summed E-state index contributed by atoms with van der Waals surface area (Å²) in [7, 11) is -1.88. The molecular formula is C30H57NO2SiSn. The Morgan fingerprint density at radius 1 is 1.06 bits per heavy atom. The molecule has 0 aromatic rings. The molecule has 3 fully saturated rings. The van der Waals surface area contributed by atoms with Gasteiger partial charge in [-0.1, -0.05) is 0 Å². The molecule has 2 heterocycles. The van der Waals surface area contributed by atoms with Crippen molar-refractivity contribution in [3.8, 4) is 0 Å². The van der Waals surface area contributed by atoms with E-state index in [4.69, 9.17) is 4.43 Å². The summed E-state index contributed by atoms with van der Waals surface area (Å²) in [5.41, 5.74) is 1.67. The monoisotopic (exact) mass is 611 g/mol. The Labute approximate surface area is 223 Å². The first-order valence-corrected chi connectivity index (χ1v) is 25.7. The minimum absolute atomic E-state index is 0.0494. The fourth-order valence-electron chi connectivity index (χ4n) is 6.73. The van der Waals surface area contributed by atoms with Gasteiger partial charge >= 0.3 is 224 Å². The van der Waals surface area contributed by atoms with Gasteiger partial charge < -0.3 is 0 Å². The first-order valence-electron chi connectivity index (χ1n) is 15.1. The van der Waals surface area contributed by atoms with E-state index in [2.05, 4.69) is 70.6 Å². The van der Waals surface area contributed by atoms with Crippen molar-refractivity contribution in [2.24, 2.45) is 17.8 Å². The van der Waals surface area contributed by atoms with Crippen molar-refractivity contribution in [3.63, 3.8) is 0 Å². The fourth-order valence-corrected chi connectivity index (χ4v) is 23.7. The van der Waals surface area contributed by atoms with E-state index in [1.165, 1.54) is 64.7 Å². The molecule has 1 aliphatic carbocycles. The molecule has 2 aliphatic heterocycles. The third-order valence-corrected chi connectivity index (χ3v) is 29.0. The molecule has 0 spiro atoms. The zero-order valence-corrected chi connectivity index (χ0v) is 28.6. The van der Waals surface area contributed by atoms with Crippen LogP contribution < -0.4 is 0 Å². The van der Waals surface area contributed by atoms with Crippen LogP contribution in [0.15, 0.2) is 9.67 Å². The van der Waals surface area contributed by atoms with Crippen molar-refractivity contribution in [1.82, 2.24) is 4.90 Å². The van der Waals surface area contributed by atoms with Crippen LogP contribution in [0.25, 0.3) is 0 Å². The number of fused-ring (bicyclic) bond motifs is 3. The summed E-state index contributed by atoms with van der Waals surface area (Å²) in [4.78, 5) is 15.9. The number of carbonyl (C=O) groups excluding carboxylic acids is 1. The molecular weight excluding hydrogens is 553 g/mol.